The van der Waals surface area contributed by atoms with Gasteiger partial charge in [0.25, 0.3) is 17.4 Å². The van der Waals surface area contributed by atoms with Gasteiger partial charge in [-0.05, 0) is 82.2 Å². The minimum Gasteiger partial charge on any atom is -0.464 e. The molecule has 0 unspecified atom stereocenters. The lowest BCUT2D eigenvalue weighted by atomic mass is 9.77. The smallest absolute Gasteiger partial charge is 0.406 e. The van der Waals surface area contributed by atoms with Crippen LogP contribution in [0.25, 0.3) is 33.4 Å². The zero-order valence-electron chi connectivity index (χ0n) is 46.3. The van der Waals surface area contributed by atoms with E-state index >= 15 is 17.6 Å². The average molecular weight is 1150 g/mol. The number of benzene rings is 1. The second-order valence-corrected chi connectivity index (χ2v) is 24.3. The van der Waals surface area contributed by atoms with Crippen molar-refractivity contribution < 1.29 is 55.4 Å². The Morgan fingerprint density at radius 3 is 2.43 bits per heavy atom. The normalized spacial score (nSPS) is 22.9. The van der Waals surface area contributed by atoms with Gasteiger partial charge in [0.15, 0.2) is 0 Å². The van der Waals surface area contributed by atoms with Crippen LogP contribution in [0.15, 0.2) is 29.8 Å². The number of piperazine rings is 1. The SMILES string of the molecule is CO[C@@H](C)c1ncc(N2CCN(C)CC2)cc1-c1c2c3cc(c(F)cc3n1CC(F)(F)F)-c1csc(n1)C[C@H](NC(=O)[C@H](C(C)C)N1CCC[C@](C)(CCN(C)C(=O)[C@H](F)Cl)C1=O)C(=O)N1CCC[C@H](N1)C(=O)OCC(C)(C)C2. The Bertz CT molecular complexity index is 2930. The zero-order valence-corrected chi connectivity index (χ0v) is 47.8. The lowest BCUT2D eigenvalue weighted by molar-refractivity contribution is -0.156. The Hall–Kier alpha value is -5.49. The zero-order chi connectivity index (χ0) is 57.5. The predicted molar refractivity (Wildman–Crippen MR) is 290 cm³/mol. The molecule has 2 N–H and O–H groups in total. The lowest BCUT2D eigenvalue weighted by Crippen LogP contribution is -2.63. The van der Waals surface area contributed by atoms with Crippen molar-refractivity contribution >= 4 is 69.1 Å². The van der Waals surface area contributed by atoms with Gasteiger partial charge in [-0.2, -0.15) is 13.2 Å². The molecule has 432 valence electrons. The molecule has 3 aromatic heterocycles. The number of alkyl halides is 5. The number of amides is 4. The molecule has 3 fully saturated rings. The molecular formula is C55H72ClF5N10O7S. The van der Waals surface area contributed by atoms with Crippen molar-refractivity contribution in [2.24, 2.45) is 16.7 Å². The van der Waals surface area contributed by atoms with Gasteiger partial charge in [0, 0.05) is 99.1 Å². The highest BCUT2D eigenvalue weighted by atomic mass is 35.5. The number of thiazole rings is 1. The number of nitrogens with one attached hydrogen (secondary N) is 2. The summed E-state index contributed by atoms with van der Waals surface area (Å²) in [6.07, 6.45) is -2.09. The number of fused-ring (bicyclic) bond motifs is 6. The molecule has 4 aromatic rings. The summed E-state index contributed by atoms with van der Waals surface area (Å²) in [6.45, 7) is 12.3. The third kappa shape index (κ3) is 13.2. The maximum atomic E-state index is 17.0. The number of rotatable bonds is 13. The van der Waals surface area contributed by atoms with E-state index in [0.717, 1.165) is 40.0 Å². The molecule has 3 saturated heterocycles. The molecule has 0 radical (unpaired) electrons. The second kappa shape index (κ2) is 23.9. The molecule has 6 bridgehead atoms. The highest BCUT2D eigenvalue weighted by Gasteiger charge is 2.46. The van der Waals surface area contributed by atoms with Crippen LogP contribution in [0.1, 0.15) is 96.0 Å². The van der Waals surface area contributed by atoms with Crippen LogP contribution in [0.3, 0.4) is 0 Å². The molecule has 79 heavy (non-hydrogen) atoms. The number of pyridine rings is 1. The molecular weight excluding hydrogens is 1080 g/mol. The van der Waals surface area contributed by atoms with Crippen molar-refractivity contribution in [3.63, 3.8) is 0 Å². The molecule has 4 aliphatic rings. The topological polar surface area (TPSA) is 175 Å². The monoisotopic (exact) mass is 1150 g/mol. The number of hydrogen-bond acceptors (Lipinski definition) is 13. The summed E-state index contributed by atoms with van der Waals surface area (Å²) < 4.78 is 88.9. The number of hydrazine groups is 1. The van der Waals surface area contributed by atoms with Gasteiger partial charge in [-0.3, -0.25) is 34.0 Å². The number of likely N-dealkylation sites (tertiary alicyclic amines) is 1. The van der Waals surface area contributed by atoms with Gasteiger partial charge in [0.2, 0.25) is 11.8 Å². The maximum absolute atomic E-state index is 17.0. The molecule has 8 rings (SSSR count). The van der Waals surface area contributed by atoms with E-state index in [2.05, 4.69) is 20.5 Å². The summed E-state index contributed by atoms with van der Waals surface area (Å²) in [4.78, 5) is 87.0. The highest BCUT2D eigenvalue weighted by molar-refractivity contribution is 7.10. The number of nitrogens with zero attached hydrogens (tertiary/aromatic N) is 8. The number of piperidine rings is 1. The summed E-state index contributed by atoms with van der Waals surface area (Å²) in [5, 5.41) is 6.40. The van der Waals surface area contributed by atoms with Crippen molar-refractivity contribution in [1.82, 2.24) is 45.0 Å². The Morgan fingerprint density at radius 1 is 1.04 bits per heavy atom. The lowest BCUT2D eigenvalue weighted by Gasteiger charge is -2.44. The first kappa shape index (κ1) is 59.6. The van der Waals surface area contributed by atoms with Crippen molar-refractivity contribution in [3.8, 4) is 22.5 Å². The fourth-order valence-corrected chi connectivity index (χ4v) is 12.3. The van der Waals surface area contributed by atoms with Gasteiger partial charge in [-0.15, -0.1) is 11.3 Å². The Labute approximate surface area is 466 Å². The first-order valence-corrected chi connectivity index (χ1v) is 28.2. The summed E-state index contributed by atoms with van der Waals surface area (Å²) in [5.74, 6) is -4.51. The van der Waals surface area contributed by atoms with Crippen LogP contribution in [0.2, 0.25) is 0 Å². The van der Waals surface area contributed by atoms with Crippen molar-refractivity contribution in [2.75, 3.05) is 78.5 Å². The third-order valence-corrected chi connectivity index (χ3v) is 16.9. The van der Waals surface area contributed by atoms with E-state index in [1.807, 2.05) is 27.0 Å². The van der Waals surface area contributed by atoms with Crippen molar-refractivity contribution in [3.05, 3.63) is 51.9 Å². The largest absolute Gasteiger partial charge is 0.464 e. The summed E-state index contributed by atoms with van der Waals surface area (Å²) in [7, 11) is 4.90. The summed E-state index contributed by atoms with van der Waals surface area (Å²) in [5.41, 5.74) is 0.956. The van der Waals surface area contributed by atoms with Gasteiger partial charge in [-0.25, -0.2) is 19.2 Å². The van der Waals surface area contributed by atoms with Crippen LogP contribution in [0.4, 0.5) is 27.6 Å². The Morgan fingerprint density at radius 2 is 1.76 bits per heavy atom. The number of likely N-dealkylation sites (N-methyl/N-ethyl adjacent to an activating group) is 1. The number of hydrogen-bond donors (Lipinski definition) is 2. The number of carbonyl (C=O) groups excluding carboxylic acids is 5. The third-order valence-electron chi connectivity index (χ3n) is 15.9. The molecule has 7 heterocycles. The minimum atomic E-state index is -4.76. The van der Waals surface area contributed by atoms with Crippen molar-refractivity contribution in [2.45, 2.75) is 129 Å². The van der Waals surface area contributed by atoms with Gasteiger partial charge >= 0.3 is 12.1 Å². The first-order valence-electron chi connectivity index (χ1n) is 26.9. The number of esters is 1. The first-order chi connectivity index (χ1) is 37.2. The molecule has 4 aliphatic heterocycles. The highest BCUT2D eigenvalue weighted by Crippen LogP contribution is 2.45. The van der Waals surface area contributed by atoms with E-state index in [1.165, 1.54) is 30.1 Å². The predicted octanol–water partition coefficient (Wildman–Crippen LogP) is 7.67. The number of methoxy groups -OCH3 is 1. The quantitative estimate of drug-likeness (QED) is 0.0761. The molecule has 24 heteroatoms. The molecule has 6 atom stereocenters. The number of anilines is 1. The number of aromatic nitrogens is 3. The van der Waals surface area contributed by atoms with E-state index < -0.39 is 88.8 Å². The second-order valence-electron chi connectivity index (χ2n) is 23.0. The Balaban J connectivity index is 1.22. The molecule has 0 spiro atoms. The summed E-state index contributed by atoms with van der Waals surface area (Å²) in [6, 6.07) is 1.04. The molecule has 17 nitrogen and oxygen atoms in total. The van der Waals surface area contributed by atoms with E-state index in [0.29, 0.717) is 71.7 Å². The van der Waals surface area contributed by atoms with E-state index in [9.17, 15) is 28.4 Å². The number of ether oxygens (including phenoxy) is 2. The van der Waals surface area contributed by atoms with Gasteiger partial charge < -0.3 is 39.0 Å². The van der Waals surface area contributed by atoms with Crippen LogP contribution in [-0.4, -0.2) is 167 Å². The molecule has 4 amide bonds. The number of halogens is 6. The van der Waals surface area contributed by atoms with Crippen molar-refractivity contribution in [1.29, 1.82) is 0 Å². The fourth-order valence-electron chi connectivity index (χ4n) is 11.3. The maximum Gasteiger partial charge on any atom is 0.406 e. The number of carbonyl (C=O) groups is 5. The van der Waals surface area contributed by atoms with Crippen LogP contribution >= 0.6 is 22.9 Å². The molecule has 0 aliphatic carbocycles. The van der Waals surface area contributed by atoms with E-state index in [-0.39, 0.29) is 73.9 Å². The van der Waals surface area contributed by atoms with Crippen LogP contribution < -0.4 is 15.6 Å². The van der Waals surface area contributed by atoms with Gasteiger partial charge in [-0.1, -0.05) is 46.2 Å². The standard InChI is InChI=1S/C55H72ClF5N10O7S/c1-31(2)45(69-15-11-13-54(6,52(69)76)14-17-67(8)50(74)47(56)58)48(72)64-40-25-43-63-41(28-79-43)35-23-34-37(26-53(4,5)30-78-51(75)39-12-10-16-71(65-39)49(40)73)46(70(29-55(59,60)61)42(34)24-38(35)57)36-22-33(27-62-44(36)32(3)77-9)68-20-18-66(7)19-21-68/h22-24,27-28,31-32,39-40,45,47,65H,10-21,25-26,29-30H2,1-9H3,(H,64,72)/t32-,39-,40-,45-,47-,54+/m0/s1. The minimum absolute atomic E-state index is 0.0196. The van der Waals surface area contributed by atoms with Gasteiger partial charge in [0.1, 0.15) is 30.5 Å². The van der Waals surface area contributed by atoms with Crippen LogP contribution in [0, 0.1) is 22.6 Å². The summed E-state index contributed by atoms with van der Waals surface area (Å²) >= 11 is 6.50. The van der Waals surface area contributed by atoms with Gasteiger partial charge in [0.05, 0.1) is 52.2 Å². The molecule has 0 saturated carbocycles. The average Bonchev–Trinajstić information content (AvgIpc) is 3.98. The Kier molecular flexibility index (Phi) is 18.1. The van der Waals surface area contributed by atoms with E-state index in [4.69, 9.17) is 31.0 Å². The molecule has 1 aromatic carbocycles. The van der Waals surface area contributed by atoms with Crippen LogP contribution in [0.5, 0.6) is 0 Å². The van der Waals surface area contributed by atoms with E-state index in [1.54, 1.807) is 39.3 Å². The van der Waals surface area contributed by atoms with Crippen LogP contribution in [-0.2, 0) is 52.8 Å². The fraction of sp³-hybridized carbons (Fsp3) is 0.618. The number of cyclic esters (lactones) is 1.